The van der Waals surface area contributed by atoms with Crippen LogP contribution in [0, 0.1) is 0 Å². The molecule has 22 heavy (non-hydrogen) atoms. The third kappa shape index (κ3) is 3.38. The van der Waals surface area contributed by atoms with Crippen molar-refractivity contribution in [1.29, 1.82) is 0 Å². The van der Waals surface area contributed by atoms with Gasteiger partial charge < -0.3 is 0 Å². The molecule has 0 nitrogen and oxygen atoms in total. The fraction of sp³-hybridized carbons (Fsp3) is 0.524. The lowest BCUT2D eigenvalue weighted by Crippen LogP contribution is -2.40. The quantitative estimate of drug-likeness (QED) is 0.523. The van der Waals surface area contributed by atoms with E-state index in [1.54, 1.807) is 0 Å². The van der Waals surface area contributed by atoms with Crippen LogP contribution in [0.5, 0.6) is 0 Å². The number of allylic oxidation sites excluding steroid dienone is 4. The van der Waals surface area contributed by atoms with E-state index in [2.05, 4.69) is 97.0 Å². The predicted octanol–water partition coefficient (Wildman–Crippen LogP) is 6.87. The standard InChI is InChI=1S/C21H31P/c1-19(2,3)22(20(4,5)6)21(7)16-12-11-15-18(21)17-13-9-8-10-14-17/h8-15H,16H2,1-7H3/t21-/m1/s1. The van der Waals surface area contributed by atoms with Crippen molar-refractivity contribution in [2.24, 2.45) is 0 Å². The average molecular weight is 314 g/mol. The van der Waals surface area contributed by atoms with E-state index in [1.165, 1.54) is 11.1 Å². The predicted molar refractivity (Wildman–Crippen MR) is 103 cm³/mol. The fourth-order valence-electron chi connectivity index (χ4n) is 4.47. The van der Waals surface area contributed by atoms with E-state index in [1.807, 2.05) is 0 Å². The molecule has 0 spiro atoms. The van der Waals surface area contributed by atoms with Crippen LogP contribution >= 0.6 is 7.92 Å². The first-order valence-corrected chi connectivity index (χ1v) is 9.64. The van der Waals surface area contributed by atoms with Crippen molar-refractivity contribution < 1.29 is 0 Å². The van der Waals surface area contributed by atoms with Gasteiger partial charge in [-0.1, -0.05) is 105 Å². The fourth-order valence-corrected chi connectivity index (χ4v) is 10.2. The zero-order valence-electron chi connectivity index (χ0n) is 15.3. The summed E-state index contributed by atoms with van der Waals surface area (Å²) >= 11 is 0. The van der Waals surface area contributed by atoms with E-state index in [-0.39, 0.29) is 13.1 Å². The Morgan fingerprint density at radius 3 is 1.95 bits per heavy atom. The van der Waals surface area contributed by atoms with Gasteiger partial charge in [-0.05, 0) is 27.9 Å². The van der Waals surface area contributed by atoms with Gasteiger partial charge in [-0.3, -0.25) is 0 Å². The summed E-state index contributed by atoms with van der Waals surface area (Å²) in [6.07, 6.45) is 8.10. The van der Waals surface area contributed by atoms with Gasteiger partial charge in [0, 0.05) is 5.16 Å². The van der Waals surface area contributed by atoms with Crippen molar-refractivity contribution in [3.8, 4) is 0 Å². The molecule has 0 aromatic heterocycles. The second kappa shape index (κ2) is 5.97. The highest BCUT2D eigenvalue weighted by Gasteiger charge is 2.48. The molecule has 1 aromatic rings. The number of benzene rings is 1. The second-order valence-electron chi connectivity index (χ2n) is 8.53. The smallest absolute Gasteiger partial charge is 0.0176 e. The highest BCUT2D eigenvalue weighted by atomic mass is 31.1. The topological polar surface area (TPSA) is 0 Å². The SMILES string of the molecule is CC(C)(C)P(C(C)(C)C)[C@]1(C)CC=CC=C1c1ccccc1. The van der Waals surface area contributed by atoms with Crippen LogP contribution in [0.15, 0.2) is 48.6 Å². The normalized spacial score (nSPS) is 22.8. The highest BCUT2D eigenvalue weighted by Crippen LogP contribution is 2.71. The van der Waals surface area contributed by atoms with Crippen molar-refractivity contribution in [3.63, 3.8) is 0 Å². The minimum absolute atomic E-state index is 0.224. The van der Waals surface area contributed by atoms with Crippen molar-refractivity contribution >= 4 is 13.5 Å². The molecule has 0 heterocycles. The minimum atomic E-state index is -0.225. The molecule has 1 aliphatic rings. The number of hydrogen-bond acceptors (Lipinski definition) is 0. The van der Waals surface area contributed by atoms with Gasteiger partial charge in [0.15, 0.2) is 0 Å². The summed E-state index contributed by atoms with van der Waals surface area (Å²) in [5.41, 5.74) is 2.90. The van der Waals surface area contributed by atoms with E-state index < -0.39 is 0 Å². The van der Waals surface area contributed by atoms with Crippen LogP contribution in [0.25, 0.3) is 5.57 Å². The average Bonchev–Trinajstić information content (AvgIpc) is 2.36. The molecule has 0 fully saturated rings. The zero-order chi connectivity index (χ0) is 16.6. The lowest BCUT2D eigenvalue weighted by atomic mass is 9.87. The van der Waals surface area contributed by atoms with Crippen molar-refractivity contribution in [2.45, 2.75) is 70.4 Å². The third-order valence-electron chi connectivity index (χ3n) is 4.41. The molecule has 120 valence electrons. The van der Waals surface area contributed by atoms with Gasteiger partial charge in [-0.2, -0.15) is 0 Å². The summed E-state index contributed by atoms with van der Waals surface area (Å²) < 4.78 is 0. The molecular weight excluding hydrogens is 283 g/mol. The lowest BCUT2D eigenvalue weighted by molar-refractivity contribution is 0.653. The Morgan fingerprint density at radius 1 is 0.909 bits per heavy atom. The van der Waals surface area contributed by atoms with E-state index in [0.29, 0.717) is 10.3 Å². The molecule has 0 saturated carbocycles. The first kappa shape index (κ1) is 17.5. The van der Waals surface area contributed by atoms with Gasteiger partial charge in [0.05, 0.1) is 0 Å². The van der Waals surface area contributed by atoms with Crippen LogP contribution in [0.1, 0.15) is 60.5 Å². The molecule has 1 aliphatic carbocycles. The summed E-state index contributed by atoms with van der Waals surface area (Å²) in [6.45, 7) is 17.1. The maximum atomic E-state index is 2.50. The Hall–Kier alpha value is -0.870. The summed E-state index contributed by atoms with van der Waals surface area (Å²) in [5, 5.41) is 0.866. The Morgan fingerprint density at radius 2 is 1.45 bits per heavy atom. The van der Waals surface area contributed by atoms with Gasteiger partial charge in [-0.25, -0.2) is 0 Å². The van der Waals surface area contributed by atoms with E-state index in [4.69, 9.17) is 0 Å². The van der Waals surface area contributed by atoms with Gasteiger partial charge in [0.2, 0.25) is 0 Å². The van der Waals surface area contributed by atoms with Crippen LogP contribution < -0.4 is 0 Å². The summed E-state index contributed by atoms with van der Waals surface area (Å²) in [7, 11) is -0.225. The molecule has 0 N–H and O–H groups in total. The first-order valence-electron chi connectivity index (χ1n) is 8.30. The van der Waals surface area contributed by atoms with Crippen LogP contribution in [-0.4, -0.2) is 15.5 Å². The maximum Gasteiger partial charge on any atom is 0.0176 e. The van der Waals surface area contributed by atoms with E-state index >= 15 is 0 Å². The molecule has 0 bridgehead atoms. The zero-order valence-corrected chi connectivity index (χ0v) is 16.2. The maximum absolute atomic E-state index is 2.50. The van der Waals surface area contributed by atoms with Crippen molar-refractivity contribution in [1.82, 2.24) is 0 Å². The molecule has 0 aliphatic heterocycles. The van der Waals surface area contributed by atoms with Gasteiger partial charge in [0.25, 0.3) is 0 Å². The molecular formula is C21H31P. The van der Waals surface area contributed by atoms with Crippen LogP contribution in [0.2, 0.25) is 0 Å². The minimum Gasteiger partial charge on any atom is -0.0847 e. The lowest BCUT2D eigenvalue weighted by Gasteiger charge is -2.54. The van der Waals surface area contributed by atoms with Crippen molar-refractivity contribution in [3.05, 3.63) is 54.1 Å². The molecule has 1 atom stereocenters. The van der Waals surface area contributed by atoms with E-state index in [9.17, 15) is 0 Å². The summed E-state index contributed by atoms with van der Waals surface area (Å²) in [4.78, 5) is 0. The number of hydrogen-bond donors (Lipinski definition) is 0. The van der Waals surface area contributed by atoms with E-state index in [0.717, 1.165) is 6.42 Å². The van der Waals surface area contributed by atoms with Gasteiger partial charge >= 0.3 is 0 Å². The van der Waals surface area contributed by atoms with Gasteiger partial charge in [0.1, 0.15) is 0 Å². The third-order valence-corrected chi connectivity index (χ3v) is 8.51. The Labute approximate surface area is 138 Å². The molecule has 0 amide bonds. The molecule has 0 unspecified atom stereocenters. The summed E-state index contributed by atoms with van der Waals surface area (Å²) in [5.74, 6) is 0. The largest absolute Gasteiger partial charge is 0.0847 e. The monoisotopic (exact) mass is 314 g/mol. The Kier molecular flexibility index (Phi) is 4.74. The summed E-state index contributed by atoms with van der Waals surface area (Å²) in [6, 6.07) is 11.0. The Bertz CT molecular complexity index is 552. The molecule has 2 rings (SSSR count). The van der Waals surface area contributed by atoms with Gasteiger partial charge in [-0.15, -0.1) is 0 Å². The van der Waals surface area contributed by atoms with Crippen LogP contribution in [0.4, 0.5) is 0 Å². The van der Waals surface area contributed by atoms with Crippen molar-refractivity contribution in [2.75, 3.05) is 0 Å². The molecule has 1 heteroatoms. The first-order chi connectivity index (χ1) is 10.1. The molecule has 0 radical (unpaired) electrons. The van der Waals surface area contributed by atoms with Crippen LogP contribution in [-0.2, 0) is 0 Å². The Balaban J connectivity index is 2.59. The molecule has 1 aromatic carbocycles. The highest BCUT2D eigenvalue weighted by molar-refractivity contribution is 7.63. The van der Waals surface area contributed by atoms with Crippen LogP contribution in [0.3, 0.4) is 0 Å². The second-order valence-corrected chi connectivity index (χ2v) is 12.9. The molecule has 0 saturated heterocycles. The number of rotatable bonds is 2.